The molecule has 0 aliphatic heterocycles. The molecule has 1 aromatic carbocycles. The first kappa shape index (κ1) is 16.3. The zero-order chi connectivity index (χ0) is 15.0. The first-order valence-corrected chi connectivity index (χ1v) is 6.85. The fourth-order valence-electron chi connectivity index (χ4n) is 1.62. The van der Waals surface area contributed by atoms with Crippen LogP contribution in [0.2, 0.25) is 0 Å². The minimum Gasteiger partial charge on any atom is -0.493 e. The highest BCUT2D eigenvalue weighted by molar-refractivity contribution is 5.77. The molecule has 1 rings (SSSR count). The molecule has 0 heterocycles. The number of hydrogen-bond donors (Lipinski definition) is 2. The van der Waals surface area contributed by atoms with Gasteiger partial charge in [-0.2, -0.15) is 0 Å². The van der Waals surface area contributed by atoms with E-state index < -0.39 is 0 Å². The molecule has 0 aromatic heterocycles. The summed E-state index contributed by atoms with van der Waals surface area (Å²) in [6, 6.07) is 5.29. The van der Waals surface area contributed by atoms with Gasteiger partial charge in [0.2, 0.25) is 0 Å². The maximum absolute atomic E-state index is 11.6. The van der Waals surface area contributed by atoms with Gasteiger partial charge < -0.3 is 19.9 Å². The summed E-state index contributed by atoms with van der Waals surface area (Å²) in [6.45, 7) is 6.19. The smallest absolute Gasteiger partial charge is 0.258 e. The molecule has 0 aliphatic carbocycles. The summed E-state index contributed by atoms with van der Waals surface area (Å²) in [5, 5.41) is 12.0. The van der Waals surface area contributed by atoms with Crippen molar-refractivity contribution in [3.63, 3.8) is 0 Å². The molecule has 0 bridgehead atoms. The van der Waals surface area contributed by atoms with Crippen molar-refractivity contribution in [1.29, 1.82) is 0 Å². The van der Waals surface area contributed by atoms with Crippen LogP contribution in [0.1, 0.15) is 32.8 Å². The summed E-state index contributed by atoms with van der Waals surface area (Å²) in [5.74, 6) is 0.951. The number of benzene rings is 1. The van der Waals surface area contributed by atoms with E-state index >= 15 is 0 Å². The van der Waals surface area contributed by atoms with Gasteiger partial charge in [0.05, 0.1) is 13.2 Å². The van der Waals surface area contributed by atoms with Gasteiger partial charge in [0.15, 0.2) is 6.61 Å². The Morgan fingerprint density at radius 2 is 2.10 bits per heavy atom. The number of ether oxygens (including phenoxy) is 2. The Balaban J connectivity index is 2.68. The second-order valence-corrected chi connectivity index (χ2v) is 4.79. The van der Waals surface area contributed by atoms with Gasteiger partial charge in [-0.15, -0.1) is 0 Å². The normalized spacial score (nSPS) is 10.4. The lowest BCUT2D eigenvalue weighted by molar-refractivity contribution is -0.123. The van der Waals surface area contributed by atoms with Crippen LogP contribution < -0.4 is 14.8 Å². The van der Waals surface area contributed by atoms with Crippen molar-refractivity contribution in [1.82, 2.24) is 5.32 Å². The fourth-order valence-corrected chi connectivity index (χ4v) is 1.62. The Kier molecular flexibility index (Phi) is 6.87. The van der Waals surface area contributed by atoms with Gasteiger partial charge in [-0.05, 0) is 32.4 Å². The van der Waals surface area contributed by atoms with E-state index in [-0.39, 0.29) is 25.2 Å². The Hall–Kier alpha value is -1.75. The van der Waals surface area contributed by atoms with Crippen molar-refractivity contribution >= 4 is 5.91 Å². The quantitative estimate of drug-likeness (QED) is 0.763. The fraction of sp³-hybridized carbons (Fsp3) is 0.533. The lowest BCUT2D eigenvalue weighted by Crippen LogP contribution is -2.34. The third-order valence-corrected chi connectivity index (χ3v) is 2.49. The second kappa shape index (κ2) is 8.43. The molecule has 112 valence electrons. The number of carbonyl (C=O) groups excluding carboxylic acids is 1. The third-order valence-electron chi connectivity index (χ3n) is 2.49. The molecule has 0 fully saturated rings. The van der Waals surface area contributed by atoms with Crippen molar-refractivity contribution < 1.29 is 19.4 Å². The summed E-state index contributed by atoms with van der Waals surface area (Å²) < 4.78 is 11.0. The Morgan fingerprint density at radius 1 is 1.35 bits per heavy atom. The van der Waals surface area contributed by atoms with Gasteiger partial charge in [0, 0.05) is 17.7 Å². The highest BCUT2D eigenvalue weighted by Crippen LogP contribution is 2.25. The first-order chi connectivity index (χ1) is 9.56. The molecule has 5 nitrogen and oxygen atoms in total. The van der Waals surface area contributed by atoms with E-state index in [1.165, 1.54) is 0 Å². The van der Waals surface area contributed by atoms with Crippen molar-refractivity contribution in [2.45, 2.75) is 39.8 Å². The minimum absolute atomic E-state index is 0.0719. The number of aliphatic hydroxyl groups is 1. The zero-order valence-electron chi connectivity index (χ0n) is 12.3. The molecule has 0 aliphatic rings. The van der Waals surface area contributed by atoms with Crippen LogP contribution in [-0.4, -0.2) is 30.3 Å². The summed E-state index contributed by atoms with van der Waals surface area (Å²) >= 11 is 0. The van der Waals surface area contributed by atoms with Crippen LogP contribution in [-0.2, 0) is 11.4 Å². The molecule has 2 N–H and O–H groups in total. The summed E-state index contributed by atoms with van der Waals surface area (Å²) in [5.41, 5.74) is 0.631. The number of nitrogens with one attached hydrogen (secondary N) is 1. The predicted octanol–water partition coefficient (Wildman–Crippen LogP) is 1.87. The molecular weight excluding hydrogens is 258 g/mol. The van der Waals surface area contributed by atoms with Crippen LogP contribution >= 0.6 is 0 Å². The van der Waals surface area contributed by atoms with E-state index in [1.807, 2.05) is 20.8 Å². The van der Waals surface area contributed by atoms with Gasteiger partial charge >= 0.3 is 0 Å². The zero-order valence-corrected chi connectivity index (χ0v) is 12.3. The van der Waals surface area contributed by atoms with E-state index in [1.54, 1.807) is 18.2 Å². The topological polar surface area (TPSA) is 67.8 Å². The van der Waals surface area contributed by atoms with Crippen LogP contribution in [0.5, 0.6) is 11.5 Å². The van der Waals surface area contributed by atoms with Crippen LogP contribution in [0.4, 0.5) is 0 Å². The molecule has 0 saturated heterocycles. The maximum Gasteiger partial charge on any atom is 0.258 e. The largest absolute Gasteiger partial charge is 0.493 e. The number of rotatable bonds is 8. The molecule has 0 atom stereocenters. The monoisotopic (exact) mass is 281 g/mol. The molecule has 0 unspecified atom stereocenters. The van der Waals surface area contributed by atoms with Crippen molar-refractivity contribution in [3.8, 4) is 11.5 Å². The number of amides is 1. The standard InChI is InChI=1S/C15H23NO4/c1-4-7-19-13-6-5-12(9-17)14(8-13)20-10-15(18)16-11(2)3/h5-6,8,11,17H,4,7,9-10H2,1-3H3,(H,16,18). The predicted molar refractivity (Wildman–Crippen MR) is 76.9 cm³/mol. The number of aliphatic hydroxyl groups excluding tert-OH is 1. The Labute approximate surface area is 119 Å². The van der Waals surface area contributed by atoms with E-state index in [2.05, 4.69) is 5.32 Å². The molecule has 5 heteroatoms. The highest BCUT2D eigenvalue weighted by Gasteiger charge is 2.09. The lowest BCUT2D eigenvalue weighted by atomic mass is 10.2. The summed E-state index contributed by atoms with van der Waals surface area (Å²) in [6.07, 6.45) is 0.911. The Bertz CT molecular complexity index is 432. The molecule has 20 heavy (non-hydrogen) atoms. The summed E-state index contributed by atoms with van der Waals surface area (Å²) in [4.78, 5) is 11.6. The maximum atomic E-state index is 11.6. The average Bonchev–Trinajstić information content (AvgIpc) is 2.42. The van der Waals surface area contributed by atoms with E-state index in [0.717, 1.165) is 6.42 Å². The molecule has 1 amide bonds. The van der Waals surface area contributed by atoms with E-state index in [4.69, 9.17) is 9.47 Å². The number of hydrogen-bond acceptors (Lipinski definition) is 4. The van der Waals surface area contributed by atoms with Gasteiger partial charge in [-0.1, -0.05) is 6.92 Å². The van der Waals surface area contributed by atoms with Crippen LogP contribution in [0.3, 0.4) is 0 Å². The molecule has 0 spiro atoms. The molecule has 0 saturated carbocycles. The van der Waals surface area contributed by atoms with Crippen LogP contribution in [0.15, 0.2) is 18.2 Å². The number of carbonyl (C=O) groups is 1. The van der Waals surface area contributed by atoms with Crippen LogP contribution in [0.25, 0.3) is 0 Å². The third kappa shape index (κ3) is 5.48. The second-order valence-electron chi connectivity index (χ2n) is 4.79. The van der Waals surface area contributed by atoms with Gasteiger partial charge in [0.1, 0.15) is 11.5 Å². The molecule has 1 aromatic rings. The molecule has 0 radical (unpaired) electrons. The minimum atomic E-state index is -0.191. The SMILES string of the molecule is CCCOc1ccc(CO)c(OCC(=O)NC(C)C)c1. The van der Waals surface area contributed by atoms with Crippen molar-refractivity contribution in [2.75, 3.05) is 13.2 Å². The van der Waals surface area contributed by atoms with Crippen molar-refractivity contribution in [3.05, 3.63) is 23.8 Å². The van der Waals surface area contributed by atoms with Gasteiger partial charge in [-0.25, -0.2) is 0 Å². The van der Waals surface area contributed by atoms with Gasteiger partial charge in [0.25, 0.3) is 5.91 Å². The lowest BCUT2D eigenvalue weighted by Gasteiger charge is -2.13. The summed E-state index contributed by atoms with van der Waals surface area (Å²) in [7, 11) is 0. The highest BCUT2D eigenvalue weighted by atomic mass is 16.5. The van der Waals surface area contributed by atoms with E-state index in [9.17, 15) is 9.90 Å². The average molecular weight is 281 g/mol. The van der Waals surface area contributed by atoms with E-state index in [0.29, 0.717) is 23.7 Å². The van der Waals surface area contributed by atoms with Crippen LogP contribution in [0, 0.1) is 0 Å². The first-order valence-electron chi connectivity index (χ1n) is 6.85. The van der Waals surface area contributed by atoms with Crippen molar-refractivity contribution in [2.24, 2.45) is 0 Å². The van der Waals surface area contributed by atoms with Gasteiger partial charge in [-0.3, -0.25) is 4.79 Å². The molecular formula is C15H23NO4. The Morgan fingerprint density at radius 3 is 2.70 bits per heavy atom.